The lowest BCUT2D eigenvalue weighted by Crippen LogP contribution is -2.63. The van der Waals surface area contributed by atoms with Crippen molar-refractivity contribution in [2.45, 2.75) is 32.3 Å². The van der Waals surface area contributed by atoms with Gasteiger partial charge in [-0.2, -0.15) is 0 Å². The molecule has 152 valence electrons. The average Bonchev–Trinajstić information content (AvgIpc) is 2.66. The standard InChI is InChI=1S/C23H33N3O2/c1-17(2)18-6-8-19(9-7-18)23(28,22(3)15-25(4)16-22)20-12-21(14-24-13-20)26(5)10-11-27/h6-9,12-14,17,27-28H,10-11,15-16H2,1-5H3. The molecule has 1 saturated heterocycles. The highest BCUT2D eigenvalue weighted by atomic mass is 16.3. The maximum atomic E-state index is 12.2. The molecule has 1 aromatic heterocycles. The van der Waals surface area contributed by atoms with Crippen LogP contribution in [0.3, 0.4) is 0 Å². The van der Waals surface area contributed by atoms with Crippen molar-refractivity contribution < 1.29 is 10.2 Å². The Morgan fingerprint density at radius 3 is 2.36 bits per heavy atom. The second-order valence-corrected chi connectivity index (χ2v) is 8.80. The number of benzene rings is 1. The maximum Gasteiger partial charge on any atom is 0.124 e. The van der Waals surface area contributed by atoms with Crippen molar-refractivity contribution in [1.82, 2.24) is 9.88 Å². The highest BCUT2D eigenvalue weighted by Gasteiger charge is 2.55. The minimum atomic E-state index is -1.14. The Hall–Kier alpha value is -1.95. The largest absolute Gasteiger partial charge is 0.395 e. The molecule has 5 heteroatoms. The van der Waals surface area contributed by atoms with Gasteiger partial charge >= 0.3 is 0 Å². The molecule has 1 fully saturated rings. The Morgan fingerprint density at radius 2 is 1.82 bits per heavy atom. The van der Waals surface area contributed by atoms with Crippen molar-refractivity contribution in [1.29, 1.82) is 0 Å². The number of aliphatic hydroxyl groups excluding tert-OH is 1. The van der Waals surface area contributed by atoms with E-state index in [1.807, 2.05) is 18.0 Å². The molecule has 2 N–H and O–H groups in total. The molecule has 1 unspecified atom stereocenters. The van der Waals surface area contributed by atoms with Crippen LogP contribution >= 0.6 is 0 Å². The number of likely N-dealkylation sites (N-methyl/N-ethyl adjacent to an activating group) is 1. The topological polar surface area (TPSA) is 59.8 Å². The molecule has 1 aliphatic heterocycles. The summed E-state index contributed by atoms with van der Waals surface area (Å²) in [5, 5.41) is 21.4. The molecule has 0 aliphatic carbocycles. The lowest BCUT2D eigenvalue weighted by molar-refractivity contribution is -0.127. The minimum absolute atomic E-state index is 0.0736. The van der Waals surface area contributed by atoms with Gasteiger partial charge in [0.05, 0.1) is 18.5 Å². The Kier molecular flexibility index (Phi) is 5.80. The van der Waals surface area contributed by atoms with E-state index in [-0.39, 0.29) is 12.0 Å². The number of hydrogen-bond acceptors (Lipinski definition) is 5. The van der Waals surface area contributed by atoms with Gasteiger partial charge in [-0.15, -0.1) is 0 Å². The first-order chi connectivity index (χ1) is 13.2. The predicted octanol–water partition coefficient (Wildman–Crippen LogP) is 2.82. The molecule has 28 heavy (non-hydrogen) atoms. The normalized spacial score (nSPS) is 18.6. The van der Waals surface area contributed by atoms with Crippen LogP contribution in [-0.4, -0.2) is 60.4 Å². The Bertz CT molecular complexity index is 800. The number of pyridine rings is 1. The van der Waals surface area contributed by atoms with E-state index in [4.69, 9.17) is 0 Å². The van der Waals surface area contributed by atoms with E-state index in [0.717, 1.165) is 29.9 Å². The molecule has 2 aromatic rings. The predicted molar refractivity (Wildman–Crippen MR) is 114 cm³/mol. The lowest BCUT2D eigenvalue weighted by atomic mass is 9.62. The highest BCUT2D eigenvalue weighted by Crippen LogP contribution is 2.50. The third kappa shape index (κ3) is 3.54. The minimum Gasteiger partial charge on any atom is -0.395 e. The highest BCUT2D eigenvalue weighted by molar-refractivity contribution is 5.50. The fourth-order valence-electron chi connectivity index (χ4n) is 4.46. The van der Waals surface area contributed by atoms with Crippen LogP contribution in [0.2, 0.25) is 0 Å². The van der Waals surface area contributed by atoms with Gasteiger partial charge in [-0.1, -0.05) is 45.0 Å². The first-order valence-electron chi connectivity index (χ1n) is 10.00. The molecule has 1 atom stereocenters. The van der Waals surface area contributed by atoms with E-state index in [1.165, 1.54) is 5.56 Å². The molecule has 1 aliphatic rings. The van der Waals surface area contributed by atoms with Crippen LogP contribution in [0.4, 0.5) is 5.69 Å². The summed E-state index contributed by atoms with van der Waals surface area (Å²) >= 11 is 0. The zero-order valence-corrected chi connectivity index (χ0v) is 17.7. The summed E-state index contributed by atoms with van der Waals surface area (Å²) < 4.78 is 0. The van der Waals surface area contributed by atoms with Gasteiger partial charge in [0.2, 0.25) is 0 Å². The van der Waals surface area contributed by atoms with E-state index in [2.05, 4.69) is 62.0 Å². The number of anilines is 1. The van der Waals surface area contributed by atoms with Crippen molar-refractivity contribution in [2.75, 3.05) is 45.2 Å². The van der Waals surface area contributed by atoms with Crippen LogP contribution in [0.5, 0.6) is 0 Å². The zero-order valence-electron chi connectivity index (χ0n) is 17.7. The zero-order chi connectivity index (χ0) is 20.5. The van der Waals surface area contributed by atoms with Crippen LogP contribution in [0.15, 0.2) is 42.7 Å². The fraction of sp³-hybridized carbons (Fsp3) is 0.522. The second-order valence-electron chi connectivity index (χ2n) is 8.80. The van der Waals surface area contributed by atoms with Gasteiger partial charge in [0.1, 0.15) is 5.60 Å². The van der Waals surface area contributed by atoms with E-state index in [9.17, 15) is 10.2 Å². The van der Waals surface area contributed by atoms with Crippen LogP contribution < -0.4 is 4.90 Å². The third-order valence-corrected chi connectivity index (χ3v) is 6.12. The Labute approximate surface area is 168 Å². The van der Waals surface area contributed by atoms with Gasteiger partial charge in [0.15, 0.2) is 0 Å². The molecule has 0 radical (unpaired) electrons. The van der Waals surface area contributed by atoms with Crippen LogP contribution in [0.1, 0.15) is 43.4 Å². The van der Waals surface area contributed by atoms with Gasteiger partial charge in [0, 0.05) is 43.9 Å². The first-order valence-corrected chi connectivity index (χ1v) is 10.00. The molecule has 0 bridgehead atoms. The summed E-state index contributed by atoms with van der Waals surface area (Å²) in [4.78, 5) is 8.60. The number of likely N-dealkylation sites (tertiary alicyclic amines) is 1. The monoisotopic (exact) mass is 383 g/mol. The number of rotatable bonds is 7. The summed E-state index contributed by atoms with van der Waals surface area (Å²) in [7, 11) is 4.00. The van der Waals surface area contributed by atoms with Crippen LogP contribution in [0, 0.1) is 5.41 Å². The van der Waals surface area contributed by atoms with Gasteiger partial charge in [-0.25, -0.2) is 0 Å². The summed E-state index contributed by atoms with van der Waals surface area (Å²) in [6.07, 6.45) is 3.55. The van der Waals surface area contributed by atoms with Gasteiger partial charge in [0.25, 0.3) is 0 Å². The van der Waals surface area contributed by atoms with E-state index in [0.29, 0.717) is 12.5 Å². The molecule has 0 amide bonds. The molecule has 2 heterocycles. The summed E-state index contributed by atoms with van der Waals surface area (Å²) in [5.74, 6) is 0.449. The molecule has 5 nitrogen and oxygen atoms in total. The fourth-order valence-corrected chi connectivity index (χ4v) is 4.46. The molecule has 3 rings (SSSR count). The van der Waals surface area contributed by atoms with E-state index in [1.54, 1.807) is 12.4 Å². The average molecular weight is 384 g/mol. The smallest absolute Gasteiger partial charge is 0.124 e. The number of aromatic nitrogens is 1. The van der Waals surface area contributed by atoms with Crippen molar-refractivity contribution in [2.24, 2.45) is 5.41 Å². The Morgan fingerprint density at radius 1 is 1.18 bits per heavy atom. The van der Waals surface area contributed by atoms with Crippen molar-refractivity contribution in [3.8, 4) is 0 Å². The molecule has 1 aromatic carbocycles. The Balaban J connectivity index is 2.09. The SMILES string of the molecule is CC(C)c1ccc(C(O)(c2cncc(N(C)CCO)c2)C2(C)CN(C)C2)cc1. The summed E-state index contributed by atoms with van der Waals surface area (Å²) in [5.41, 5.74) is 2.39. The van der Waals surface area contributed by atoms with Gasteiger partial charge in [-0.05, 0) is 30.2 Å². The number of nitrogens with zero attached hydrogens (tertiary/aromatic N) is 3. The lowest BCUT2D eigenvalue weighted by Gasteiger charge is -2.56. The summed E-state index contributed by atoms with van der Waals surface area (Å²) in [6.45, 7) is 8.71. The quantitative estimate of drug-likeness (QED) is 0.770. The summed E-state index contributed by atoms with van der Waals surface area (Å²) in [6, 6.07) is 10.4. The van der Waals surface area contributed by atoms with Gasteiger partial charge < -0.3 is 20.0 Å². The molecule has 0 spiro atoms. The van der Waals surface area contributed by atoms with Crippen molar-refractivity contribution >= 4 is 5.69 Å². The third-order valence-electron chi connectivity index (χ3n) is 6.12. The second kappa shape index (κ2) is 7.82. The number of aliphatic hydroxyl groups is 2. The molecular weight excluding hydrogens is 350 g/mol. The van der Waals surface area contributed by atoms with E-state index < -0.39 is 5.60 Å². The van der Waals surface area contributed by atoms with Crippen molar-refractivity contribution in [3.63, 3.8) is 0 Å². The molecular formula is C23H33N3O2. The van der Waals surface area contributed by atoms with Gasteiger partial charge in [-0.3, -0.25) is 4.98 Å². The maximum absolute atomic E-state index is 12.2. The number of hydrogen-bond donors (Lipinski definition) is 2. The van der Waals surface area contributed by atoms with Crippen LogP contribution in [0.25, 0.3) is 0 Å². The first kappa shape index (κ1) is 20.8. The van der Waals surface area contributed by atoms with E-state index >= 15 is 0 Å². The van der Waals surface area contributed by atoms with Crippen LogP contribution in [-0.2, 0) is 5.60 Å². The van der Waals surface area contributed by atoms with Crippen molar-refractivity contribution in [3.05, 3.63) is 59.4 Å². The molecule has 0 saturated carbocycles.